The van der Waals surface area contributed by atoms with Crippen molar-refractivity contribution in [2.45, 2.75) is 19.3 Å². The highest BCUT2D eigenvalue weighted by Crippen LogP contribution is 2.37. The lowest BCUT2D eigenvalue weighted by atomic mass is 9.87. The van der Waals surface area contributed by atoms with E-state index in [4.69, 9.17) is 4.74 Å². The van der Waals surface area contributed by atoms with Gasteiger partial charge in [-0.25, -0.2) is 0 Å². The Labute approximate surface area is 91.0 Å². The van der Waals surface area contributed by atoms with Crippen LogP contribution in [0, 0.1) is 5.41 Å². The molecular weight excluding hydrogens is 192 g/mol. The lowest BCUT2D eigenvalue weighted by Gasteiger charge is -2.21. The van der Waals surface area contributed by atoms with Crippen LogP contribution in [0.15, 0.2) is 0 Å². The fourth-order valence-corrected chi connectivity index (χ4v) is 2.57. The Morgan fingerprint density at radius 2 is 2.40 bits per heavy atom. The zero-order chi connectivity index (χ0) is 10.7. The molecule has 4 nitrogen and oxygen atoms in total. The molecule has 1 spiro atoms. The van der Waals surface area contributed by atoms with Crippen molar-refractivity contribution >= 4 is 5.91 Å². The van der Waals surface area contributed by atoms with Crippen molar-refractivity contribution in [2.75, 3.05) is 39.9 Å². The van der Waals surface area contributed by atoms with Crippen LogP contribution in [0.2, 0.25) is 0 Å². The molecule has 0 aliphatic carbocycles. The Hall–Kier alpha value is -0.610. The molecule has 0 aromatic rings. The molecule has 4 heteroatoms. The van der Waals surface area contributed by atoms with Crippen molar-refractivity contribution < 1.29 is 9.53 Å². The number of nitrogens with one attached hydrogen (secondary N) is 1. The van der Waals surface area contributed by atoms with E-state index in [1.165, 1.54) is 12.8 Å². The van der Waals surface area contributed by atoms with Crippen LogP contribution in [0.1, 0.15) is 19.3 Å². The topological polar surface area (TPSA) is 41.6 Å². The van der Waals surface area contributed by atoms with Gasteiger partial charge in [-0.2, -0.15) is 0 Å². The van der Waals surface area contributed by atoms with E-state index in [2.05, 4.69) is 10.2 Å². The molecule has 2 heterocycles. The lowest BCUT2D eigenvalue weighted by molar-refractivity contribution is -0.120. The largest absolute Gasteiger partial charge is 0.381 e. The second-order valence-electron chi connectivity index (χ2n) is 4.75. The molecule has 2 rings (SSSR count). The molecule has 0 saturated carbocycles. The van der Waals surface area contributed by atoms with E-state index in [1.807, 2.05) is 0 Å². The first-order valence-corrected chi connectivity index (χ1v) is 5.75. The second kappa shape index (κ2) is 4.49. The summed E-state index contributed by atoms with van der Waals surface area (Å²) < 4.78 is 5.47. The van der Waals surface area contributed by atoms with E-state index in [0.29, 0.717) is 11.8 Å². The van der Waals surface area contributed by atoms with Crippen LogP contribution in [0.3, 0.4) is 0 Å². The number of hydrogen-bond donors (Lipinski definition) is 1. The third-order valence-corrected chi connectivity index (χ3v) is 3.64. The highest BCUT2D eigenvalue weighted by atomic mass is 16.5. The van der Waals surface area contributed by atoms with E-state index in [0.717, 1.165) is 32.8 Å². The maximum absolute atomic E-state index is 11.1. The van der Waals surface area contributed by atoms with Crippen molar-refractivity contribution in [1.29, 1.82) is 0 Å². The molecule has 0 radical (unpaired) electrons. The maximum Gasteiger partial charge on any atom is 0.221 e. The first-order valence-electron chi connectivity index (χ1n) is 5.75. The monoisotopic (exact) mass is 212 g/mol. The fourth-order valence-electron chi connectivity index (χ4n) is 2.57. The molecule has 1 amide bonds. The number of likely N-dealkylation sites (tertiary alicyclic amines) is 1. The van der Waals surface area contributed by atoms with Crippen LogP contribution in [0.5, 0.6) is 0 Å². The Morgan fingerprint density at radius 1 is 1.53 bits per heavy atom. The molecule has 86 valence electrons. The van der Waals surface area contributed by atoms with Crippen molar-refractivity contribution in [1.82, 2.24) is 10.2 Å². The van der Waals surface area contributed by atoms with Crippen LogP contribution in [0.4, 0.5) is 0 Å². The van der Waals surface area contributed by atoms with E-state index in [-0.39, 0.29) is 5.91 Å². The van der Waals surface area contributed by atoms with Gasteiger partial charge in [-0.1, -0.05) is 0 Å². The normalized spacial score (nSPS) is 31.3. The smallest absolute Gasteiger partial charge is 0.221 e. The van der Waals surface area contributed by atoms with Gasteiger partial charge in [0.2, 0.25) is 5.91 Å². The molecule has 2 aliphatic heterocycles. The second-order valence-corrected chi connectivity index (χ2v) is 4.75. The summed E-state index contributed by atoms with van der Waals surface area (Å²) in [6.07, 6.45) is 3.05. The highest BCUT2D eigenvalue weighted by Gasteiger charge is 2.40. The Morgan fingerprint density at radius 3 is 3.07 bits per heavy atom. The quantitative estimate of drug-likeness (QED) is 0.728. The summed E-state index contributed by atoms with van der Waals surface area (Å²) in [5.41, 5.74) is 0.419. The summed E-state index contributed by atoms with van der Waals surface area (Å²) in [4.78, 5) is 13.5. The maximum atomic E-state index is 11.1. The number of amides is 1. The molecule has 0 bridgehead atoms. The fraction of sp³-hybridized carbons (Fsp3) is 0.909. The van der Waals surface area contributed by atoms with Gasteiger partial charge in [0.25, 0.3) is 0 Å². The average Bonchev–Trinajstić information content (AvgIpc) is 2.86. The molecule has 1 atom stereocenters. The van der Waals surface area contributed by atoms with Gasteiger partial charge in [0.05, 0.1) is 6.61 Å². The van der Waals surface area contributed by atoms with Crippen molar-refractivity contribution in [3.8, 4) is 0 Å². The molecule has 2 fully saturated rings. The van der Waals surface area contributed by atoms with Gasteiger partial charge in [0.1, 0.15) is 0 Å². The van der Waals surface area contributed by atoms with Crippen LogP contribution in [0.25, 0.3) is 0 Å². The zero-order valence-electron chi connectivity index (χ0n) is 9.42. The SMILES string of the molecule is CNC(=O)CCN1CCC2(CCOC2)C1. The van der Waals surface area contributed by atoms with Crippen molar-refractivity contribution in [3.05, 3.63) is 0 Å². The molecule has 0 aromatic heterocycles. The molecule has 1 unspecified atom stereocenters. The number of rotatable bonds is 3. The zero-order valence-corrected chi connectivity index (χ0v) is 9.42. The number of carbonyl (C=O) groups excluding carboxylic acids is 1. The number of hydrogen-bond acceptors (Lipinski definition) is 3. The van der Waals surface area contributed by atoms with Gasteiger partial charge >= 0.3 is 0 Å². The molecule has 0 aromatic carbocycles. The Kier molecular flexibility index (Phi) is 3.26. The van der Waals surface area contributed by atoms with Crippen LogP contribution in [-0.2, 0) is 9.53 Å². The van der Waals surface area contributed by atoms with E-state index >= 15 is 0 Å². The first-order chi connectivity index (χ1) is 7.24. The van der Waals surface area contributed by atoms with Crippen molar-refractivity contribution in [2.24, 2.45) is 5.41 Å². The number of nitrogens with zero attached hydrogens (tertiary/aromatic N) is 1. The van der Waals surface area contributed by atoms with Crippen molar-refractivity contribution in [3.63, 3.8) is 0 Å². The van der Waals surface area contributed by atoms with Gasteiger partial charge in [-0.15, -0.1) is 0 Å². The summed E-state index contributed by atoms with van der Waals surface area (Å²) >= 11 is 0. The number of carbonyl (C=O) groups is 1. The van der Waals surface area contributed by atoms with Gasteiger partial charge in [0.15, 0.2) is 0 Å². The standard InChI is InChI=1S/C11H20N2O2/c1-12-10(14)2-5-13-6-3-11(8-13)4-7-15-9-11/h2-9H2,1H3,(H,12,14). The van der Waals surface area contributed by atoms with Gasteiger partial charge < -0.3 is 15.0 Å². The average molecular weight is 212 g/mol. The van der Waals surface area contributed by atoms with Crippen LogP contribution < -0.4 is 5.32 Å². The first kappa shape index (κ1) is 10.9. The van der Waals surface area contributed by atoms with Crippen LogP contribution >= 0.6 is 0 Å². The third kappa shape index (κ3) is 2.49. The van der Waals surface area contributed by atoms with Gasteiger partial charge in [-0.3, -0.25) is 4.79 Å². The molecule has 2 saturated heterocycles. The highest BCUT2D eigenvalue weighted by molar-refractivity contribution is 5.75. The minimum atomic E-state index is 0.138. The van der Waals surface area contributed by atoms with Crippen LogP contribution in [-0.4, -0.2) is 50.7 Å². The molecular formula is C11H20N2O2. The molecule has 15 heavy (non-hydrogen) atoms. The van der Waals surface area contributed by atoms with Gasteiger partial charge in [-0.05, 0) is 19.4 Å². The minimum Gasteiger partial charge on any atom is -0.381 e. The predicted octanol–water partition coefficient (Wildman–Crippen LogP) is 0.235. The minimum absolute atomic E-state index is 0.138. The number of ether oxygens (including phenoxy) is 1. The molecule has 1 N–H and O–H groups in total. The summed E-state index contributed by atoms with van der Waals surface area (Å²) in [7, 11) is 1.69. The Balaban J connectivity index is 1.75. The Bertz CT molecular complexity index is 237. The van der Waals surface area contributed by atoms with E-state index in [9.17, 15) is 4.79 Å². The molecule has 2 aliphatic rings. The third-order valence-electron chi connectivity index (χ3n) is 3.64. The summed E-state index contributed by atoms with van der Waals surface area (Å²) in [6.45, 7) is 4.97. The van der Waals surface area contributed by atoms with E-state index in [1.54, 1.807) is 7.05 Å². The lowest BCUT2D eigenvalue weighted by Crippen LogP contribution is -2.31. The summed E-state index contributed by atoms with van der Waals surface area (Å²) in [6, 6.07) is 0. The summed E-state index contributed by atoms with van der Waals surface area (Å²) in [5.74, 6) is 0.138. The van der Waals surface area contributed by atoms with E-state index < -0.39 is 0 Å². The summed E-state index contributed by atoms with van der Waals surface area (Å²) in [5, 5.41) is 2.66. The predicted molar refractivity (Wildman–Crippen MR) is 57.6 cm³/mol. The van der Waals surface area contributed by atoms with Gasteiger partial charge in [0, 0.05) is 38.6 Å².